The molecular formula is C14H17NO5. The molecule has 0 saturated carbocycles. The molecule has 0 amide bonds. The molecule has 1 aromatic carbocycles. The van der Waals surface area contributed by atoms with Crippen molar-refractivity contribution in [2.75, 3.05) is 19.7 Å². The van der Waals surface area contributed by atoms with Crippen LogP contribution < -0.4 is 0 Å². The largest absolute Gasteiger partial charge is 0.480 e. The SMILES string of the molecule is C=Cc1ccc(C(CO)N(CC(=O)O)CC(=O)O)cc1. The highest BCUT2D eigenvalue weighted by Gasteiger charge is 2.24. The molecular weight excluding hydrogens is 262 g/mol. The van der Waals surface area contributed by atoms with Gasteiger partial charge < -0.3 is 15.3 Å². The Hall–Kier alpha value is -2.18. The van der Waals surface area contributed by atoms with Crippen molar-refractivity contribution in [2.45, 2.75) is 6.04 Å². The maximum Gasteiger partial charge on any atom is 0.317 e. The van der Waals surface area contributed by atoms with Crippen LogP contribution in [0.5, 0.6) is 0 Å². The number of carbonyl (C=O) groups is 2. The molecule has 1 atom stereocenters. The third-order valence-electron chi connectivity index (χ3n) is 2.85. The first-order valence-electron chi connectivity index (χ1n) is 5.98. The van der Waals surface area contributed by atoms with Crippen molar-refractivity contribution in [2.24, 2.45) is 0 Å². The van der Waals surface area contributed by atoms with Crippen molar-refractivity contribution in [3.63, 3.8) is 0 Å². The number of hydrogen-bond acceptors (Lipinski definition) is 4. The predicted molar refractivity (Wildman–Crippen MR) is 73.2 cm³/mol. The third kappa shape index (κ3) is 4.49. The van der Waals surface area contributed by atoms with Crippen molar-refractivity contribution < 1.29 is 24.9 Å². The number of carboxylic acids is 2. The van der Waals surface area contributed by atoms with Crippen LogP contribution >= 0.6 is 0 Å². The van der Waals surface area contributed by atoms with Gasteiger partial charge in [0.25, 0.3) is 0 Å². The first kappa shape index (κ1) is 15.9. The van der Waals surface area contributed by atoms with Gasteiger partial charge in [-0.05, 0) is 11.1 Å². The van der Waals surface area contributed by atoms with E-state index in [0.29, 0.717) is 5.56 Å². The minimum absolute atomic E-state index is 0.367. The van der Waals surface area contributed by atoms with Gasteiger partial charge in [-0.3, -0.25) is 14.5 Å². The van der Waals surface area contributed by atoms with Gasteiger partial charge in [0.15, 0.2) is 0 Å². The summed E-state index contributed by atoms with van der Waals surface area (Å²) in [5.41, 5.74) is 1.54. The van der Waals surface area contributed by atoms with Gasteiger partial charge in [-0.15, -0.1) is 0 Å². The van der Waals surface area contributed by atoms with Gasteiger partial charge in [-0.25, -0.2) is 0 Å². The van der Waals surface area contributed by atoms with Gasteiger partial charge in [0.1, 0.15) is 0 Å². The molecule has 1 rings (SSSR count). The van der Waals surface area contributed by atoms with Crippen LogP contribution in [0.4, 0.5) is 0 Å². The van der Waals surface area contributed by atoms with Gasteiger partial charge in [0, 0.05) is 0 Å². The first-order chi connectivity index (χ1) is 9.47. The molecule has 6 nitrogen and oxygen atoms in total. The number of aliphatic carboxylic acids is 2. The predicted octanol–water partition coefficient (Wildman–Crippen LogP) is 0.834. The number of rotatable bonds is 8. The van der Waals surface area contributed by atoms with E-state index in [-0.39, 0.29) is 6.61 Å². The lowest BCUT2D eigenvalue weighted by atomic mass is 10.0. The number of nitrogens with zero attached hydrogens (tertiary/aromatic N) is 1. The van der Waals surface area contributed by atoms with Crippen LogP contribution in [-0.2, 0) is 9.59 Å². The standard InChI is InChI=1S/C14H17NO5/c1-2-10-3-5-11(6-4-10)12(9-16)15(7-13(17)18)8-14(19)20/h2-6,12,16H,1,7-9H2,(H,17,18)(H,19,20). The number of aliphatic hydroxyl groups excluding tert-OH is 1. The minimum atomic E-state index is -1.15. The molecule has 0 fully saturated rings. The van der Waals surface area contributed by atoms with Gasteiger partial charge in [0.2, 0.25) is 0 Å². The zero-order chi connectivity index (χ0) is 15.1. The topological polar surface area (TPSA) is 98.1 Å². The zero-order valence-electron chi connectivity index (χ0n) is 10.9. The summed E-state index contributed by atoms with van der Waals surface area (Å²) >= 11 is 0. The fraction of sp³-hybridized carbons (Fsp3) is 0.286. The summed E-state index contributed by atoms with van der Waals surface area (Å²) in [6.45, 7) is 2.34. The molecule has 6 heteroatoms. The Morgan fingerprint density at radius 3 is 2.00 bits per heavy atom. The van der Waals surface area contributed by atoms with Crippen LogP contribution in [0.3, 0.4) is 0 Å². The van der Waals surface area contributed by atoms with E-state index in [2.05, 4.69) is 6.58 Å². The molecule has 0 spiro atoms. The second kappa shape index (κ2) is 7.42. The van der Waals surface area contributed by atoms with E-state index in [0.717, 1.165) is 5.56 Å². The number of aliphatic hydroxyl groups is 1. The fourth-order valence-corrected chi connectivity index (χ4v) is 1.91. The fourth-order valence-electron chi connectivity index (χ4n) is 1.91. The lowest BCUT2D eigenvalue weighted by Gasteiger charge is -2.27. The average Bonchev–Trinajstić information content (AvgIpc) is 2.39. The smallest absolute Gasteiger partial charge is 0.317 e. The van der Waals surface area contributed by atoms with Crippen LogP contribution in [0.25, 0.3) is 6.08 Å². The summed E-state index contributed by atoms with van der Waals surface area (Å²) in [4.78, 5) is 22.8. The molecule has 1 unspecified atom stereocenters. The Morgan fingerprint density at radius 2 is 1.65 bits per heavy atom. The van der Waals surface area contributed by atoms with Gasteiger partial charge in [0.05, 0.1) is 25.7 Å². The van der Waals surface area contributed by atoms with E-state index in [1.807, 2.05) is 0 Å². The van der Waals surface area contributed by atoms with E-state index in [1.165, 1.54) is 4.90 Å². The average molecular weight is 279 g/mol. The van der Waals surface area contributed by atoms with Crippen LogP contribution in [0.15, 0.2) is 30.8 Å². The second-order valence-electron chi connectivity index (χ2n) is 4.26. The number of hydrogen-bond donors (Lipinski definition) is 3. The summed E-state index contributed by atoms with van der Waals surface area (Å²) in [6.07, 6.45) is 1.66. The molecule has 0 aliphatic heterocycles. The maximum atomic E-state index is 10.8. The lowest BCUT2D eigenvalue weighted by Crippen LogP contribution is -2.39. The van der Waals surface area contributed by atoms with Gasteiger partial charge in [-0.2, -0.15) is 0 Å². The summed E-state index contributed by atoms with van der Waals surface area (Å²) in [6, 6.07) is 6.29. The Kier molecular flexibility index (Phi) is 5.89. The molecule has 1 aromatic rings. The molecule has 0 bridgehead atoms. The van der Waals surface area contributed by atoms with Crippen molar-refractivity contribution >= 4 is 18.0 Å². The Bertz CT molecular complexity index is 467. The highest BCUT2D eigenvalue weighted by atomic mass is 16.4. The molecule has 108 valence electrons. The minimum Gasteiger partial charge on any atom is -0.480 e. The lowest BCUT2D eigenvalue weighted by molar-refractivity contribution is -0.143. The van der Waals surface area contributed by atoms with E-state index in [1.54, 1.807) is 30.3 Å². The Balaban J connectivity index is 3.00. The van der Waals surface area contributed by atoms with Crippen LogP contribution in [0, 0.1) is 0 Å². The normalized spacial score (nSPS) is 12.1. The molecule has 20 heavy (non-hydrogen) atoms. The molecule has 0 saturated heterocycles. The van der Waals surface area contributed by atoms with Crippen LogP contribution in [0.2, 0.25) is 0 Å². The van der Waals surface area contributed by atoms with E-state index in [9.17, 15) is 14.7 Å². The van der Waals surface area contributed by atoms with Crippen LogP contribution in [-0.4, -0.2) is 51.9 Å². The third-order valence-corrected chi connectivity index (χ3v) is 2.85. The Morgan fingerprint density at radius 1 is 1.15 bits per heavy atom. The second-order valence-corrected chi connectivity index (χ2v) is 4.26. The number of benzene rings is 1. The maximum absolute atomic E-state index is 10.8. The molecule has 0 radical (unpaired) electrons. The summed E-state index contributed by atoms with van der Waals surface area (Å²) in [5, 5.41) is 27.1. The first-order valence-corrected chi connectivity index (χ1v) is 5.98. The summed E-state index contributed by atoms with van der Waals surface area (Å²) in [7, 11) is 0. The molecule has 0 heterocycles. The Labute approximate surface area is 116 Å². The van der Waals surface area contributed by atoms with Crippen molar-refractivity contribution in [3.8, 4) is 0 Å². The van der Waals surface area contributed by atoms with Gasteiger partial charge >= 0.3 is 11.9 Å². The number of carboxylic acid groups (broad SMARTS) is 2. The highest BCUT2D eigenvalue weighted by molar-refractivity contribution is 5.72. The molecule has 0 aliphatic rings. The summed E-state index contributed by atoms with van der Waals surface area (Å²) < 4.78 is 0. The van der Waals surface area contributed by atoms with Crippen LogP contribution in [0.1, 0.15) is 17.2 Å². The molecule has 0 aromatic heterocycles. The monoisotopic (exact) mass is 279 g/mol. The van der Waals surface area contributed by atoms with Crippen molar-refractivity contribution in [1.82, 2.24) is 4.90 Å². The van der Waals surface area contributed by atoms with Crippen molar-refractivity contribution in [3.05, 3.63) is 42.0 Å². The van der Waals surface area contributed by atoms with Crippen molar-refractivity contribution in [1.29, 1.82) is 0 Å². The van der Waals surface area contributed by atoms with E-state index in [4.69, 9.17) is 10.2 Å². The zero-order valence-corrected chi connectivity index (χ0v) is 10.9. The van der Waals surface area contributed by atoms with E-state index >= 15 is 0 Å². The van der Waals surface area contributed by atoms with E-state index < -0.39 is 31.1 Å². The molecule has 0 aliphatic carbocycles. The molecule has 3 N–H and O–H groups in total. The quantitative estimate of drug-likeness (QED) is 0.652. The summed E-state index contributed by atoms with van der Waals surface area (Å²) in [5.74, 6) is -2.29. The highest BCUT2D eigenvalue weighted by Crippen LogP contribution is 2.20. The van der Waals surface area contributed by atoms with Gasteiger partial charge in [-0.1, -0.05) is 36.9 Å².